The zero-order valence-electron chi connectivity index (χ0n) is 28.2. The first kappa shape index (κ1) is 35.4. The van der Waals surface area contributed by atoms with Gasteiger partial charge in [-0.2, -0.15) is 0 Å². The summed E-state index contributed by atoms with van der Waals surface area (Å²) in [5, 5.41) is 12.7. The molecule has 2 N–H and O–H groups in total. The number of fused-ring (bicyclic) bond motifs is 1. The molecular formula is C34H44N6O9. The number of aliphatic carboxylic acids is 1. The first-order chi connectivity index (χ1) is 23.5. The van der Waals surface area contributed by atoms with E-state index in [-0.39, 0.29) is 56.0 Å². The fourth-order valence-corrected chi connectivity index (χ4v) is 6.58. The molecule has 0 saturated carbocycles. The molecule has 3 atom stereocenters. The summed E-state index contributed by atoms with van der Waals surface area (Å²) >= 11 is 0. The summed E-state index contributed by atoms with van der Waals surface area (Å²) in [6.07, 6.45) is 1.05. The molecule has 0 bridgehead atoms. The third-order valence-electron chi connectivity index (χ3n) is 9.15. The molecule has 1 aromatic carbocycles. The molecule has 15 heteroatoms. The Hall–Kier alpha value is -4.95. The highest BCUT2D eigenvalue weighted by molar-refractivity contribution is 6.00. The average molecular weight is 681 g/mol. The number of piperazine rings is 1. The van der Waals surface area contributed by atoms with Gasteiger partial charge in [0, 0.05) is 57.3 Å². The van der Waals surface area contributed by atoms with Gasteiger partial charge in [-0.3, -0.25) is 24.0 Å². The third-order valence-corrected chi connectivity index (χ3v) is 9.15. The van der Waals surface area contributed by atoms with Crippen molar-refractivity contribution in [3.63, 3.8) is 0 Å². The number of carbonyl (C=O) groups is 6. The van der Waals surface area contributed by atoms with Crippen molar-refractivity contribution in [1.82, 2.24) is 29.9 Å². The quantitative estimate of drug-likeness (QED) is 0.376. The van der Waals surface area contributed by atoms with Crippen LogP contribution in [0, 0.1) is 6.92 Å². The number of benzene rings is 1. The number of likely N-dealkylation sites (tertiary alicyclic amines) is 2. The van der Waals surface area contributed by atoms with Crippen molar-refractivity contribution in [2.24, 2.45) is 0 Å². The molecule has 49 heavy (non-hydrogen) atoms. The lowest BCUT2D eigenvalue weighted by Gasteiger charge is -2.35. The van der Waals surface area contributed by atoms with Crippen molar-refractivity contribution >= 4 is 46.6 Å². The zero-order chi connectivity index (χ0) is 35.2. The number of carboxylic acids is 1. The van der Waals surface area contributed by atoms with E-state index in [0.717, 1.165) is 18.4 Å². The van der Waals surface area contributed by atoms with Gasteiger partial charge in [0.15, 0.2) is 6.10 Å². The van der Waals surface area contributed by atoms with Gasteiger partial charge in [-0.05, 0) is 64.2 Å². The molecule has 0 radical (unpaired) electrons. The van der Waals surface area contributed by atoms with Crippen LogP contribution in [-0.4, -0.2) is 136 Å². The van der Waals surface area contributed by atoms with Gasteiger partial charge in [-0.15, -0.1) is 0 Å². The molecule has 1 aromatic heterocycles. The second kappa shape index (κ2) is 15.5. The second-order valence-electron chi connectivity index (χ2n) is 12.6. The summed E-state index contributed by atoms with van der Waals surface area (Å²) in [6.45, 7) is 7.88. The highest BCUT2D eigenvalue weighted by Crippen LogP contribution is 2.29. The SMILES string of the molecule is CCOC(=O)N1CCN(C(=O)C(CC(=O)O)NC(=O)c2cc(O[C@H](C)C(=O)N3CCCC3C(=O)N3CCCC3)c3ccc(C)cc3n2)CC1. The molecule has 3 saturated heterocycles. The summed E-state index contributed by atoms with van der Waals surface area (Å²) in [7, 11) is 0. The number of amides is 5. The Bertz CT molecular complexity index is 1600. The molecule has 4 heterocycles. The van der Waals surface area contributed by atoms with Crippen LogP contribution in [0.3, 0.4) is 0 Å². The summed E-state index contributed by atoms with van der Waals surface area (Å²) < 4.78 is 11.2. The number of pyridine rings is 1. The van der Waals surface area contributed by atoms with Gasteiger partial charge in [-0.25, -0.2) is 9.78 Å². The van der Waals surface area contributed by atoms with Crippen LogP contribution in [0.15, 0.2) is 24.3 Å². The summed E-state index contributed by atoms with van der Waals surface area (Å²) in [4.78, 5) is 88.5. The smallest absolute Gasteiger partial charge is 0.409 e. The zero-order valence-corrected chi connectivity index (χ0v) is 28.2. The fraction of sp³-hybridized carbons (Fsp3) is 0.559. The number of aryl methyl sites for hydroxylation is 1. The molecule has 2 unspecified atom stereocenters. The molecule has 15 nitrogen and oxygen atoms in total. The van der Waals surface area contributed by atoms with E-state index in [0.29, 0.717) is 43.4 Å². The van der Waals surface area contributed by atoms with Crippen molar-refractivity contribution in [3.05, 3.63) is 35.5 Å². The van der Waals surface area contributed by atoms with Crippen LogP contribution in [0.4, 0.5) is 4.79 Å². The van der Waals surface area contributed by atoms with E-state index < -0.39 is 48.5 Å². The van der Waals surface area contributed by atoms with Crippen LogP contribution in [-0.2, 0) is 23.9 Å². The van der Waals surface area contributed by atoms with Gasteiger partial charge in [-0.1, -0.05) is 6.07 Å². The van der Waals surface area contributed by atoms with Crippen molar-refractivity contribution in [3.8, 4) is 5.75 Å². The molecular weight excluding hydrogens is 636 g/mol. The molecule has 3 aliphatic heterocycles. The van der Waals surface area contributed by atoms with Crippen molar-refractivity contribution in [2.75, 3.05) is 52.4 Å². The third kappa shape index (κ3) is 8.20. The lowest BCUT2D eigenvalue weighted by Crippen LogP contribution is -2.56. The normalized spacial score (nSPS) is 19.0. The number of aromatic nitrogens is 1. The molecule has 0 spiro atoms. The van der Waals surface area contributed by atoms with E-state index >= 15 is 0 Å². The summed E-state index contributed by atoms with van der Waals surface area (Å²) in [6, 6.07) is 4.80. The molecule has 2 aromatic rings. The largest absolute Gasteiger partial charge is 0.481 e. The minimum absolute atomic E-state index is 0.0364. The van der Waals surface area contributed by atoms with Crippen LogP contribution < -0.4 is 10.1 Å². The molecule has 3 aliphatic rings. The Balaban J connectivity index is 1.33. The Morgan fingerprint density at radius 3 is 2.29 bits per heavy atom. The van der Waals surface area contributed by atoms with Crippen LogP contribution in [0.5, 0.6) is 5.75 Å². The van der Waals surface area contributed by atoms with E-state index in [1.165, 1.54) is 15.9 Å². The first-order valence-electron chi connectivity index (χ1n) is 16.9. The number of rotatable bonds is 10. The van der Waals surface area contributed by atoms with Gasteiger partial charge in [0.2, 0.25) is 11.8 Å². The number of hydrogen-bond acceptors (Lipinski definition) is 9. The lowest BCUT2D eigenvalue weighted by atomic mass is 10.1. The molecule has 264 valence electrons. The predicted molar refractivity (Wildman–Crippen MR) is 176 cm³/mol. The van der Waals surface area contributed by atoms with Crippen LogP contribution in [0.1, 0.15) is 62.0 Å². The van der Waals surface area contributed by atoms with Gasteiger partial charge < -0.3 is 39.5 Å². The first-order valence-corrected chi connectivity index (χ1v) is 16.9. The van der Waals surface area contributed by atoms with Gasteiger partial charge in [0.05, 0.1) is 18.5 Å². The minimum atomic E-state index is -1.40. The highest BCUT2D eigenvalue weighted by Gasteiger charge is 2.39. The maximum absolute atomic E-state index is 13.7. The molecule has 3 fully saturated rings. The number of carbonyl (C=O) groups excluding carboxylic acids is 5. The minimum Gasteiger partial charge on any atom is -0.481 e. The molecule has 5 amide bonds. The van der Waals surface area contributed by atoms with Gasteiger partial charge >= 0.3 is 12.1 Å². The summed E-state index contributed by atoms with van der Waals surface area (Å²) in [5.74, 6) is -2.86. The number of nitrogens with one attached hydrogen (secondary N) is 1. The van der Waals surface area contributed by atoms with E-state index in [1.807, 2.05) is 17.9 Å². The second-order valence-corrected chi connectivity index (χ2v) is 12.6. The monoisotopic (exact) mass is 680 g/mol. The van der Waals surface area contributed by atoms with Crippen molar-refractivity contribution in [2.45, 2.75) is 71.1 Å². The van der Waals surface area contributed by atoms with E-state index in [9.17, 15) is 33.9 Å². The standard InChI is InChI=1S/C34H44N6O9/c1-4-48-34(47)39-16-14-38(15-17-39)32(45)26(20-29(41)42)36-30(43)25-19-28(23-10-9-21(2)18-24(23)35-25)49-22(3)31(44)40-13-7-8-27(40)33(46)37-11-5-6-12-37/h9-10,18-19,22,26-27H,4-8,11-17,20H2,1-3H3,(H,36,43)(H,41,42)/t22-,26?,27?/m1/s1. The highest BCUT2D eigenvalue weighted by atomic mass is 16.6. The molecule has 5 rings (SSSR count). The maximum atomic E-state index is 13.7. The number of hydrogen-bond donors (Lipinski definition) is 2. The van der Waals surface area contributed by atoms with Gasteiger partial charge in [0.25, 0.3) is 11.8 Å². The topological polar surface area (TPSA) is 179 Å². The number of carboxylic acid groups (broad SMARTS) is 1. The van der Waals surface area contributed by atoms with E-state index in [2.05, 4.69) is 10.3 Å². The van der Waals surface area contributed by atoms with Crippen molar-refractivity contribution < 1.29 is 43.3 Å². The predicted octanol–water partition coefficient (Wildman–Crippen LogP) is 1.80. The van der Waals surface area contributed by atoms with Gasteiger partial charge in [0.1, 0.15) is 23.5 Å². The van der Waals surface area contributed by atoms with Crippen LogP contribution in [0.25, 0.3) is 10.9 Å². The Labute approximate surface area is 284 Å². The fourth-order valence-electron chi connectivity index (χ4n) is 6.58. The number of ether oxygens (including phenoxy) is 2. The van der Waals surface area contributed by atoms with Crippen LogP contribution in [0.2, 0.25) is 0 Å². The van der Waals surface area contributed by atoms with Crippen LogP contribution >= 0.6 is 0 Å². The van der Waals surface area contributed by atoms with Crippen molar-refractivity contribution in [1.29, 1.82) is 0 Å². The number of nitrogens with zero attached hydrogens (tertiary/aromatic N) is 5. The maximum Gasteiger partial charge on any atom is 0.409 e. The van der Waals surface area contributed by atoms with E-state index in [1.54, 1.807) is 30.9 Å². The Morgan fingerprint density at radius 2 is 1.61 bits per heavy atom. The Morgan fingerprint density at radius 1 is 0.918 bits per heavy atom. The average Bonchev–Trinajstić information content (AvgIpc) is 3.80. The molecule has 0 aliphatic carbocycles. The Kier molecular flexibility index (Phi) is 11.2. The lowest BCUT2D eigenvalue weighted by molar-refractivity contribution is -0.146. The van der Waals surface area contributed by atoms with E-state index in [4.69, 9.17) is 9.47 Å². The summed E-state index contributed by atoms with van der Waals surface area (Å²) in [5.41, 5.74) is 1.13.